The quantitative estimate of drug-likeness (QED) is 0.313. The highest BCUT2D eigenvalue weighted by molar-refractivity contribution is 5.99. The van der Waals surface area contributed by atoms with Gasteiger partial charge in [0.2, 0.25) is 5.75 Å². The van der Waals surface area contributed by atoms with E-state index in [1.807, 2.05) is 36.4 Å². The van der Waals surface area contributed by atoms with Crippen LogP contribution in [0.4, 0.5) is 11.4 Å². The molecule has 0 aliphatic heterocycles. The van der Waals surface area contributed by atoms with Crippen molar-refractivity contribution in [3.63, 3.8) is 0 Å². The van der Waals surface area contributed by atoms with Crippen LogP contribution in [0.25, 0.3) is 0 Å². The summed E-state index contributed by atoms with van der Waals surface area (Å²) in [6, 6.07) is 18.9. The molecule has 0 unspecified atom stereocenters. The molecule has 2 N–H and O–H groups in total. The largest absolute Gasteiger partial charge is 0.502 e. The van der Waals surface area contributed by atoms with Gasteiger partial charge in [-0.1, -0.05) is 30.3 Å². The van der Waals surface area contributed by atoms with Crippen LogP contribution in [0.1, 0.15) is 11.3 Å². The topological polar surface area (TPSA) is 113 Å². The van der Waals surface area contributed by atoms with E-state index in [9.17, 15) is 15.2 Å². The van der Waals surface area contributed by atoms with Crippen LogP contribution in [0.2, 0.25) is 0 Å². The van der Waals surface area contributed by atoms with Crippen LogP contribution in [0, 0.1) is 10.1 Å². The molecule has 0 atom stereocenters. The van der Waals surface area contributed by atoms with Gasteiger partial charge in [-0.3, -0.25) is 20.5 Å². The van der Waals surface area contributed by atoms with Gasteiger partial charge < -0.3 is 5.11 Å². The van der Waals surface area contributed by atoms with Crippen LogP contribution in [-0.4, -0.2) is 27.1 Å². The zero-order chi connectivity index (χ0) is 19.1. The molecule has 0 saturated carbocycles. The van der Waals surface area contributed by atoms with Gasteiger partial charge in [0.15, 0.2) is 5.84 Å². The molecule has 3 rings (SSSR count). The van der Waals surface area contributed by atoms with Crippen molar-refractivity contribution in [3.8, 4) is 5.75 Å². The number of nitrogens with one attached hydrogen (secondary N) is 1. The molecule has 3 aromatic rings. The molecule has 27 heavy (non-hydrogen) atoms. The minimum absolute atomic E-state index is 0.205. The van der Waals surface area contributed by atoms with Crippen LogP contribution in [-0.2, 0) is 0 Å². The molecule has 8 nitrogen and oxygen atoms in total. The fourth-order valence-electron chi connectivity index (χ4n) is 2.24. The SMILES string of the molecule is O=[N+]([O-])c1cccc(/C=N/NC(=Nc2ccccc2)c2ccccn2)c1O. The van der Waals surface area contributed by atoms with Crippen molar-refractivity contribution in [3.05, 3.63) is 94.3 Å². The Bertz CT molecular complexity index is 989. The number of amidine groups is 1. The number of hydrogen-bond acceptors (Lipinski definition) is 6. The number of pyridine rings is 1. The van der Waals surface area contributed by atoms with E-state index in [4.69, 9.17) is 0 Å². The Labute approximate surface area is 154 Å². The second-order valence-electron chi connectivity index (χ2n) is 5.35. The van der Waals surface area contributed by atoms with E-state index >= 15 is 0 Å². The predicted octanol–water partition coefficient (Wildman–Crippen LogP) is 3.40. The highest BCUT2D eigenvalue weighted by Gasteiger charge is 2.15. The standard InChI is InChI=1S/C19H15N5O3/c25-18-14(7-6-11-17(18)24(26)27)13-21-23-19(16-10-4-5-12-20-16)22-15-8-2-1-3-9-15/h1-13,25H,(H,22,23)/b21-13+. The molecule has 134 valence electrons. The molecule has 0 spiro atoms. The Hall–Kier alpha value is -4.07. The minimum Gasteiger partial charge on any atom is -0.502 e. The van der Waals surface area contributed by atoms with Gasteiger partial charge in [-0.25, -0.2) is 4.99 Å². The number of aromatic hydroxyl groups is 1. The van der Waals surface area contributed by atoms with Gasteiger partial charge >= 0.3 is 5.69 Å². The summed E-state index contributed by atoms with van der Waals surface area (Å²) in [7, 11) is 0. The van der Waals surface area contributed by atoms with Crippen molar-refractivity contribution in [2.24, 2.45) is 10.1 Å². The van der Waals surface area contributed by atoms with Crippen molar-refractivity contribution >= 4 is 23.4 Å². The van der Waals surface area contributed by atoms with Crippen LogP contribution >= 0.6 is 0 Å². The highest BCUT2D eigenvalue weighted by atomic mass is 16.6. The maximum Gasteiger partial charge on any atom is 0.311 e. The number of aromatic nitrogens is 1. The summed E-state index contributed by atoms with van der Waals surface area (Å²) in [6.45, 7) is 0. The number of phenolic OH excluding ortho intramolecular Hbond substituents is 1. The van der Waals surface area contributed by atoms with Gasteiger partial charge in [0.1, 0.15) is 5.69 Å². The molecule has 0 fully saturated rings. The van der Waals surface area contributed by atoms with Crippen molar-refractivity contribution in [2.45, 2.75) is 0 Å². The second kappa shape index (κ2) is 8.34. The Morgan fingerprint density at radius 1 is 1.07 bits per heavy atom. The molecule has 0 aliphatic carbocycles. The lowest BCUT2D eigenvalue weighted by Gasteiger charge is -2.05. The number of nitro groups is 1. The summed E-state index contributed by atoms with van der Waals surface area (Å²) in [4.78, 5) is 19.0. The number of para-hydroxylation sites is 2. The average Bonchev–Trinajstić information content (AvgIpc) is 2.69. The normalized spacial score (nSPS) is 11.5. The zero-order valence-electron chi connectivity index (χ0n) is 14.1. The van der Waals surface area contributed by atoms with E-state index in [-0.39, 0.29) is 11.3 Å². The molecular weight excluding hydrogens is 346 g/mol. The molecule has 0 amide bonds. The van der Waals surface area contributed by atoms with Gasteiger partial charge in [-0.15, -0.1) is 0 Å². The Kier molecular flexibility index (Phi) is 5.48. The monoisotopic (exact) mass is 361 g/mol. The average molecular weight is 361 g/mol. The fraction of sp³-hybridized carbons (Fsp3) is 0. The minimum atomic E-state index is -0.656. The third kappa shape index (κ3) is 4.51. The number of hydrazone groups is 1. The van der Waals surface area contributed by atoms with E-state index in [0.29, 0.717) is 17.2 Å². The molecule has 0 aliphatic rings. The number of nitro benzene ring substituents is 1. The molecule has 8 heteroatoms. The number of benzene rings is 2. The lowest BCUT2D eigenvalue weighted by Crippen LogP contribution is -2.20. The molecule has 1 aromatic heterocycles. The van der Waals surface area contributed by atoms with Crippen molar-refractivity contribution in [1.82, 2.24) is 10.4 Å². The summed E-state index contributed by atoms with van der Waals surface area (Å²) in [5.41, 5.74) is 3.88. The lowest BCUT2D eigenvalue weighted by atomic mass is 10.2. The summed E-state index contributed by atoms with van der Waals surface area (Å²) < 4.78 is 0. The van der Waals surface area contributed by atoms with E-state index in [2.05, 4.69) is 20.5 Å². The van der Waals surface area contributed by atoms with Crippen molar-refractivity contribution < 1.29 is 10.0 Å². The first-order valence-electron chi connectivity index (χ1n) is 7.96. The molecule has 2 aromatic carbocycles. The Morgan fingerprint density at radius 2 is 1.85 bits per heavy atom. The molecule has 0 radical (unpaired) electrons. The number of phenols is 1. The van der Waals surface area contributed by atoms with Gasteiger partial charge in [-0.05, 0) is 30.3 Å². The number of aliphatic imine (C=N–C) groups is 1. The number of nitrogens with zero attached hydrogens (tertiary/aromatic N) is 4. The van der Waals surface area contributed by atoms with Crippen molar-refractivity contribution in [2.75, 3.05) is 0 Å². The third-order valence-electron chi connectivity index (χ3n) is 3.52. The molecular formula is C19H15N5O3. The predicted molar refractivity (Wildman–Crippen MR) is 102 cm³/mol. The first kappa shape index (κ1) is 17.7. The van der Waals surface area contributed by atoms with Crippen molar-refractivity contribution in [1.29, 1.82) is 0 Å². The summed E-state index contributed by atoms with van der Waals surface area (Å²) >= 11 is 0. The third-order valence-corrected chi connectivity index (χ3v) is 3.52. The first-order chi connectivity index (χ1) is 13.1. The summed E-state index contributed by atoms with van der Waals surface area (Å²) in [6.07, 6.45) is 2.92. The van der Waals surface area contributed by atoms with Gasteiger partial charge in [0.25, 0.3) is 0 Å². The fourth-order valence-corrected chi connectivity index (χ4v) is 2.24. The van der Waals surface area contributed by atoms with E-state index in [0.717, 1.165) is 0 Å². The van der Waals surface area contributed by atoms with Crippen LogP contribution in [0.3, 0.4) is 0 Å². The summed E-state index contributed by atoms with van der Waals surface area (Å²) in [5.74, 6) is -0.0598. The van der Waals surface area contributed by atoms with E-state index in [1.165, 1.54) is 24.4 Å². The highest BCUT2D eigenvalue weighted by Crippen LogP contribution is 2.27. The van der Waals surface area contributed by atoms with Gasteiger partial charge in [0.05, 0.1) is 16.8 Å². The van der Waals surface area contributed by atoms with Gasteiger partial charge in [0, 0.05) is 17.8 Å². The van der Waals surface area contributed by atoms with Crippen LogP contribution < -0.4 is 5.43 Å². The first-order valence-corrected chi connectivity index (χ1v) is 7.96. The van der Waals surface area contributed by atoms with E-state index in [1.54, 1.807) is 18.3 Å². The van der Waals surface area contributed by atoms with Gasteiger partial charge in [-0.2, -0.15) is 5.10 Å². The number of hydrogen-bond donors (Lipinski definition) is 2. The van der Waals surface area contributed by atoms with E-state index < -0.39 is 10.7 Å². The Morgan fingerprint density at radius 3 is 2.56 bits per heavy atom. The lowest BCUT2D eigenvalue weighted by molar-refractivity contribution is -0.385. The summed E-state index contributed by atoms with van der Waals surface area (Å²) in [5, 5.41) is 24.9. The zero-order valence-corrected chi connectivity index (χ0v) is 14.1. The van der Waals surface area contributed by atoms with Crippen LogP contribution in [0.5, 0.6) is 5.75 Å². The molecule has 0 saturated heterocycles. The Balaban J connectivity index is 1.88. The maximum absolute atomic E-state index is 10.9. The second-order valence-corrected chi connectivity index (χ2v) is 5.35. The molecule has 1 heterocycles. The smallest absolute Gasteiger partial charge is 0.311 e. The maximum atomic E-state index is 10.9. The van der Waals surface area contributed by atoms with Crippen LogP contribution in [0.15, 0.2) is 83.0 Å². The molecule has 0 bridgehead atoms. The number of rotatable bonds is 5.